The van der Waals surface area contributed by atoms with Crippen molar-refractivity contribution in [2.24, 2.45) is 17.8 Å². The number of ketones is 1. The fourth-order valence-electron chi connectivity index (χ4n) is 4.16. The van der Waals surface area contributed by atoms with E-state index in [1.54, 1.807) is 0 Å². The Bertz CT molecular complexity index is 673. The van der Waals surface area contributed by atoms with Crippen LogP contribution in [0.2, 0.25) is 36.3 Å². The quantitative estimate of drug-likeness (QED) is 0.215. The summed E-state index contributed by atoms with van der Waals surface area (Å²) in [6.07, 6.45) is 9.27. The third kappa shape index (κ3) is 8.68. The number of hydrogen-bond acceptors (Lipinski definition) is 4. The summed E-state index contributed by atoms with van der Waals surface area (Å²) >= 11 is 0. The number of carbonyl (C=O) groups is 1. The van der Waals surface area contributed by atoms with Gasteiger partial charge in [0.1, 0.15) is 5.78 Å². The molecule has 5 atom stereocenters. The van der Waals surface area contributed by atoms with E-state index < -0.39 is 16.6 Å². The second-order valence-electron chi connectivity index (χ2n) is 13.7. The lowest BCUT2D eigenvalue weighted by molar-refractivity contribution is -0.122. The van der Waals surface area contributed by atoms with E-state index in [1.807, 2.05) is 0 Å². The molecule has 0 amide bonds. The molecule has 0 spiro atoms. The van der Waals surface area contributed by atoms with Gasteiger partial charge in [0.25, 0.3) is 0 Å². The van der Waals surface area contributed by atoms with Crippen LogP contribution in [0.3, 0.4) is 0 Å². The Kier molecular flexibility index (Phi) is 11.5. The van der Waals surface area contributed by atoms with Gasteiger partial charge in [0.15, 0.2) is 16.6 Å². The summed E-state index contributed by atoms with van der Waals surface area (Å²) in [4.78, 5) is 12.8. The second kappa shape index (κ2) is 12.3. The number of rotatable bonds is 12. The predicted octanol–water partition coefficient (Wildman–Crippen LogP) is 7.74. The lowest BCUT2D eigenvalue weighted by Crippen LogP contribution is -2.45. The van der Waals surface area contributed by atoms with Gasteiger partial charge in [0.05, 0.1) is 18.8 Å². The van der Waals surface area contributed by atoms with Crippen LogP contribution in [-0.2, 0) is 13.6 Å². The highest BCUT2D eigenvalue weighted by Gasteiger charge is 2.47. The van der Waals surface area contributed by atoms with Gasteiger partial charge in [0, 0.05) is 18.3 Å². The monoisotopic (exact) mass is 512 g/mol. The molecule has 0 heterocycles. The maximum Gasteiger partial charge on any atom is 0.192 e. The van der Waals surface area contributed by atoms with Crippen LogP contribution in [0, 0.1) is 17.8 Å². The number of aliphatic hydroxyl groups excluding tert-OH is 1. The third-order valence-corrected chi connectivity index (χ3v) is 17.7. The van der Waals surface area contributed by atoms with Gasteiger partial charge < -0.3 is 14.0 Å². The fourth-order valence-corrected chi connectivity index (χ4v) is 6.79. The Balaban J connectivity index is 3.21. The maximum atomic E-state index is 12.8. The van der Waals surface area contributed by atoms with Crippen LogP contribution in [0.15, 0.2) is 12.2 Å². The van der Waals surface area contributed by atoms with Gasteiger partial charge in [0.2, 0.25) is 0 Å². The summed E-state index contributed by atoms with van der Waals surface area (Å²) < 4.78 is 13.6. The lowest BCUT2D eigenvalue weighted by atomic mass is 9.92. The van der Waals surface area contributed by atoms with Gasteiger partial charge in [-0.05, 0) is 48.6 Å². The van der Waals surface area contributed by atoms with Crippen molar-refractivity contribution in [3.8, 4) is 0 Å². The third-order valence-electron chi connectivity index (χ3n) is 8.64. The van der Waals surface area contributed by atoms with Crippen LogP contribution < -0.4 is 0 Å². The van der Waals surface area contributed by atoms with Crippen molar-refractivity contribution in [3.63, 3.8) is 0 Å². The molecule has 1 rings (SSSR count). The smallest absolute Gasteiger partial charge is 0.192 e. The normalized spacial score (nSPS) is 24.7. The van der Waals surface area contributed by atoms with Crippen molar-refractivity contribution >= 4 is 22.4 Å². The summed E-state index contributed by atoms with van der Waals surface area (Å²) in [5.74, 6) is 0.233. The molecule has 200 valence electrons. The van der Waals surface area contributed by atoms with E-state index in [1.165, 1.54) is 19.3 Å². The van der Waals surface area contributed by atoms with Crippen LogP contribution in [0.1, 0.15) is 87.5 Å². The Hall–Kier alpha value is -0.276. The Morgan fingerprint density at radius 3 is 2.09 bits per heavy atom. The van der Waals surface area contributed by atoms with E-state index >= 15 is 0 Å². The van der Waals surface area contributed by atoms with Gasteiger partial charge in [-0.15, -0.1) is 0 Å². The van der Waals surface area contributed by atoms with Crippen LogP contribution in [0.4, 0.5) is 0 Å². The summed E-state index contributed by atoms with van der Waals surface area (Å²) in [5.41, 5.74) is 0. The van der Waals surface area contributed by atoms with E-state index in [-0.39, 0.29) is 46.5 Å². The molecule has 34 heavy (non-hydrogen) atoms. The fraction of sp³-hybridized carbons (Fsp3) is 0.893. The van der Waals surface area contributed by atoms with Crippen molar-refractivity contribution in [3.05, 3.63) is 12.2 Å². The van der Waals surface area contributed by atoms with Crippen molar-refractivity contribution in [1.29, 1.82) is 0 Å². The zero-order chi connectivity index (χ0) is 26.5. The Morgan fingerprint density at radius 2 is 1.62 bits per heavy atom. The molecule has 6 heteroatoms. The SMILES string of the molecule is CCCCC(C)CC(C=C[C@H]1C(O[Si](C)(C)C(C)(C)C)CC(=O)[C@@H]1CO)O[Si](C)(C)C(C)(C)C. The molecule has 0 radical (unpaired) electrons. The Morgan fingerprint density at radius 1 is 1.06 bits per heavy atom. The number of Topliss-reactive ketones (excluding diaryl/α,β-unsaturated/α-hetero) is 1. The van der Waals surface area contributed by atoms with Crippen LogP contribution >= 0.6 is 0 Å². The zero-order valence-corrected chi connectivity index (χ0v) is 26.5. The summed E-state index contributed by atoms with van der Waals surface area (Å²) in [7, 11) is -3.99. The largest absolute Gasteiger partial charge is 0.413 e. The molecular formula is C28H56O4Si2. The van der Waals surface area contributed by atoms with E-state index in [2.05, 4.69) is 93.7 Å². The minimum Gasteiger partial charge on any atom is -0.413 e. The van der Waals surface area contributed by atoms with E-state index in [9.17, 15) is 9.90 Å². The molecule has 1 fully saturated rings. The average Bonchev–Trinajstić information content (AvgIpc) is 2.95. The topological polar surface area (TPSA) is 55.8 Å². The van der Waals surface area contributed by atoms with Crippen molar-refractivity contribution in [2.45, 2.75) is 136 Å². The van der Waals surface area contributed by atoms with Gasteiger partial charge in [-0.1, -0.05) is 86.8 Å². The van der Waals surface area contributed by atoms with Crippen LogP contribution in [0.25, 0.3) is 0 Å². The van der Waals surface area contributed by atoms with E-state index in [0.717, 1.165) is 6.42 Å². The van der Waals surface area contributed by atoms with Gasteiger partial charge in [-0.3, -0.25) is 4.79 Å². The number of hydrogen-bond donors (Lipinski definition) is 1. The second-order valence-corrected chi connectivity index (χ2v) is 23.3. The molecule has 4 nitrogen and oxygen atoms in total. The first-order valence-electron chi connectivity index (χ1n) is 13.5. The Labute approximate surface area is 213 Å². The van der Waals surface area contributed by atoms with Crippen molar-refractivity contribution < 1.29 is 18.8 Å². The number of unbranched alkanes of at least 4 members (excludes halogenated alkanes) is 1. The molecule has 0 aromatic carbocycles. The molecule has 0 bridgehead atoms. The molecule has 0 aromatic heterocycles. The molecule has 1 aliphatic carbocycles. The molecule has 0 saturated heterocycles. The highest BCUT2D eigenvalue weighted by molar-refractivity contribution is 6.74. The minimum atomic E-state index is -2.04. The molecule has 3 unspecified atom stereocenters. The molecule has 0 aromatic rings. The first-order valence-corrected chi connectivity index (χ1v) is 19.4. The van der Waals surface area contributed by atoms with E-state index in [4.69, 9.17) is 8.85 Å². The number of aliphatic hydroxyl groups is 1. The highest BCUT2D eigenvalue weighted by Crippen LogP contribution is 2.42. The van der Waals surface area contributed by atoms with Crippen LogP contribution in [-0.4, -0.2) is 46.3 Å². The minimum absolute atomic E-state index is 0.0244. The van der Waals surface area contributed by atoms with Gasteiger partial charge in [-0.2, -0.15) is 0 Å². The maximum absolute atomic E-state index is 12.8. The van der Waals surface area contributed by atoms with Crippen molar-refractivity contribution in [1.82, 2.24) is 0 Å². The highest BCUT2D eigenvalue weighted by atomic mass is 28.4. The molecule has 1 aliphatic rings. The molecular weight excluding hydrogens is 456 g/mol. The zero-order valence-electron chi connectivity index (χ0n) is 24.5. The average molecular weight is 513 g/mol. The summed E-state index contributed by atoms with van der Waals surface area (Å²) in [6.45, 7) is 27.1. The van der Waals surface area contributed by atoms with Gasteiger partial charge in [-0.25, -0.2) is 0 Å². The standard InChI is InChI=1S/C28H56O4Si2/c1-13-14-15-21(2)18-22(31-33(9,10)27(3,4)5)16-17-23-24(20-29)25(30)19-26(23)32-34(11,12)28(6,7)8/h16-17,21-24,26,29H,13-15,18-20H2,1-12H3/t21?,22?,23-,24-,26?/m1/s1. The van der Waals surface area contributed by atoms with Crippen LogP contribution in [0.5, 0.6) is 0 Å². The summed E-state index contributed by atoms with van der Waals surface area (Å²) in [5, 5.41) is 10.3. The number of carbonyl (C=O) groups excluding carboxylic acids is 1. The van der Waals surface area contributed by atoms with E-state index in [0.29, 0.717) is 12.3 Å². The molecule has 1 saturated carbocycles. The first kappa shape index (κ1) is 31.8. The first-order chi connectivity index (χ1) is 15.4. The summed E-state index contributed by atoms with van der Waals surface area (Å²) in [6, 6.07) is 0. The van der Waals surface area contributed by atoms with Crippen molar-refractivity contribution in [2.75, 3.05) is 6.61 Å². The predicted molar refractivity (Wildman–Crippen MR) is 150 cm³/mol. The lowest BCUT2D eigenvalue weighted by Gasteiger charge is -2.40. The van der Waals surface area contributed by atoms with Gasteiger partial charge >= 0.3 is 0 Å². The molecule has 1 N–H and O–H groups in total. The molecule has 0 aliphatic heterocycles.